The Morgan fingerprint density at radius 3 is 2.46 bits per heavy atom. The maximum Gasteiger partial charge on any atom is 0.269 e. The van der Waals surface area contributed by atoms with Gasteiger partial charge in [-0.05, 0) is 43.3 Å². The number of halogens is 1. The third-order valence-corrected chi connectivity index (χ3v) is 6.65. The number of nitrogens with zero attached hydrogens (tertiary/aromatic N) is 3. The number of rotatable bonds is 3. The van der Waals surface area contributed by atoms with Gasteiger partial charge in [0.1, 0.15) is 11.3 Å². The number of aromatic nitrogens is 2. The fourth-order valence-corrected chi connectivity index (χ4v) is 4.97. The van der Waals surface area contributed by atoms with Gasteiger partial charge in [-0.15, -0.1) is 0 Å². The lowest BCUT2D eigenvalue weighted by Crippen LogP contribution is -2.43. The summed E-state index contributed by atoms with van der Waals surface area (Å²) in [5, 5.41) is 3.82. The SMILES string of the molecule is Cc1nc2c(N3CCNCC3)cccc2n1S(=O)(=O)c1ccc(Cl)cc1. The molecule has 8 heteroatoms. The molecule has 1 aromatic heterocycles. The fraction of sp³-hybridized carbons (Fsp3) is 0.278. The third-order valence-electron chi connectivity index (χ3n) is 4.59. The number of hydrogen-bond donors (Lipinski definition) is 1. The second-order valence-electron chi connectivity index (χ2n) is 6.26. The molecule has 1 fully saturated rings. The van der Waals surface area contributed by atoms with Crippen molar-refractivity contribution >= 4 is 38.3 Å². The molecule has 6 nitrogen and oxygen atoms in total. The van der Waals surface area contributed by atoms with E-state index in [2.05, 4.69) is 15.2 Å². The molecule has 136 valence electrons. The molecule has 0 amide bonds. The molecule has 1 saturated heterocycles. The van der Waals surface area contributed by atoms with Gasteiger partial charge >= 0.3 is 0 Å². The molecular weight excluding hydrogens is 372 g/mol. The van der Waals surface area contributed by atoms with Crippen molar-refractivity contribution < 1.29 is 8.42 Å². The van der Waals surface area contributed by atoms with Gasteiger partial charge in [0, 0.05) is 31.2 Å². The van der Waals surface area contributed by atoms with Crippen LogP contribution in [0.15, 0.2) is 47.4 Å². The van der Waals surface area contributed by atoms with Crippen molar-refractivity contribution in [2.45, 2.75) is 11.8 Å². The lowest BCUT2D eigenvalue weighted by Gasteiger charge is -2.29. The highest BCUT2D eigenvalue weighted by Crippen LogP contribution is 2.30. The van der Waals surface area contributed by atoms with Gasteiger partial charge in [-0.2, -0.15) is 0 Å². The quantitative estimate of drug-likeness (QED) is 0.744. The minimum absolute atomic E-state index is 0.192. The second kappa shape index (κ2) is 6.57. The zero-order valence-corrected chi connectivity index (χ0v) is 15.9. The summed E-state index contributed by atoms with van der Waals surface area (Å²) in [6.07, 6.45) is 0. The topological polar surface area (TPSA) is 67.2 Å². The molecule has 0 spiro atoms. The fourth-order valence-electron chi connectivity index (χ4n) is 3.36. The van der Waals surface area contributed by atoms with Crippen molar-refractivity contribution in [1.29, 1.82) is 0 Å². The molecule has 2 aromatic carbocycles. The molecule has 0 saturated carbocycles. The molecule has 2 heterocycles. The number of piperazine rings is 1. The lowest BCUT2D eigenvalue weighted by atomic mass is 10.2. The number of anilines is 1. The van der Waals surface area contributed by atoms with Crippen LogP contribution in [0.25, 0.3) is 11.0 Å². The van der Waals surface area contributed by atoms with Crippen molar-refractivity contribution in [2.75, 3.05) is 31.1 Å². The Balaban J connectivity index is 1.88. The van der Waals surface area contributed by atoms with Crippen molar-refractivity contribution in [1.82, 2.24) is 14.3 Å². The van der Waals surface area contributed by atoms with E-state index >= 15 is 0 Å². The Morgan fingerprint density at radius 1 is 1.08 bits per heavy atom. The molecule has 4 rings (SSSR count). The maximum atomic E-state index is 13.2. The standard InChI is InChI=1S/C18H19ClN4O2S/c1-13-21-18-16(22-11-9-20-10-12-22)3-2-4-17(18)23(13)26(24,25)15-7-5-14(19)6-8-15/h2-8,20H,9-12H2,1H3. The van der Waals surface area contributed by atoms with Crippen LogP contribution in [0.4, 0.5) is 5.69 Å². The van der Waals surface area contributed by atoms with Crippen LogP contribution in [-0.4, -0.2) is 43.6 Å². The van der Waals surface area contributed by atoms with Crippen LogP contribution < -0.4 is 10.2 Å². The van der Waals surface area contributed by atoms with Crippen molar-refractivity contribution in [3.63, 3.8) is 0 Å². The first kappa shape index (κ1) is 17.3. The van der Waals surface area contributed by atoms with Crippen LogP contribution in [0.2, 0.25) is 5.02 Å². The number of nitrogens with one attached hydrogen (secondary N) is 1. The molecule has 1 N–H and O–H groups in total. The zero-order valence-electron chi connectivity index (χ0n) is 14.3. The Kier molecular flexibility index (Phi) is 4.38. The predicted molar refractivity (Wildman–Crippen MR) is 104 cm³/mol. The van der Waals surface area contributed by atoms with Gasteiger partial charge in [0.15, 0.2) is 0 Å². The molecule has 0 aliphatic carbocycles. The molecule has 26 heavy (non-hydrogen) atoms. The van der Waals surface area contributed by atoms with E-state index in [1.807, 2.05) is 12.1 Å². The number of fused-ring (bicyclic) bond motifs is 1. The molecule has 1 aliphatic heterocycles. The van der Waals surface area contributed by atoms with Crippen molar-refractivity contribution in [3.8, 4) is 0 Å². The highest BCUT2D eigenvalue weighted by Gasteiger charge is 2.25. The van der Waals surface area contributed by atoms with E-state index in [1.165, 1.54) is 16.1 Å². The summed E-state index contributed by atoms with van der Waals surface area (Å²) in [5.41, 5.74) is 2.27. The van der Waals surface area contributed by atoms with Crippen LogP contribution >= 0.6 is 11.6 Å². The average Bonchev–Trinajstić information content (AvgIpc) is 2.99. The minimum atomic E-state index is -3.75. The average molecular weight is 391 g/mol. The van der Waals surface area contributed by atoms with E-state index in [0.29, 0.717) is 21.9 Å². The normalized spacial score (nSPS) is 15.5. The molecule has 1 aliphatic rings. The van der Waals surface area contributed by atoms with Gasteiger partial charge in [0.2, 0.25) is 0 Å². The van der Waals surface area contributed by atoms with E-state index < -0.39 is 10.0 Å². The van der Waals surface area contributed by atoms with Crippen LogP contribution in [0.3, 0.4) is 0 Å². The predicted octanol–water partition coefficient (Wildman–Crippen LogP) is 2.64. The van der Waals surface area contributed by atoms with Gasteiger partial charge in [0.25, 0.3) is 10.0 Å². The summed E-state index contributed by atoms with van der Waals surface area (Å²) < 4.78 is 27.7. The van der Waals surface area contributed by atoms with E-state index in [0.717, 1.165) is 31.9 Å². The summed E-state index contributed by atoms with van der Waals surface area (Å²) in [7, 11) is -3.75. The first-order chi connectivity index (χ1) is 12.5. The second-order valence-corrected chi connectivity index (χ2v) is 8.49. The van der Waals surface area contributed by atoms with Crippen molar-refractivity contribution in [3.05, 3.63) is 53.3 Å². The van der Waals surface area contributed by atoms with E-state index in [-0.39, 0.29) is 4.90 Å². The summed E-state index contributed by atoms with van der Waals surface area (Å²) in [6.45, 7) is 5.26. The molecule has 3 aromatic rings. The summed E-state index contributed by atoms with van der Waals surface area (Å²) in [5.74, 6) is 0.442. The Hall–Kier alpha value is -2.09. The van der Waals surface area contributed by atoms with Crippen LogP contribution in [0.1, 0.15) is 5.82 Å². The largest absolute Gasteiger partial charge is 0.367 e. The molecule has 0 radical (unpaired) electrons. The summed E-state index contributed by atoms with van der Waals surface area (Å²) in [6, 6.07) is 11.9. The monoisotopic (exact) mass is 390 g/mol. The Bertz CT molecular complexity index is 1050. The maximum absolute atomic E-state index is 13.2. The van der Waals surface area contributed by atoms with Gasteiger partial charge < -0.3 is 10.2 Å². The Morgan fingerprint density at radius 2 is 1.77 bits per heavy atom. The molecular formula is C18H19ClN4O2S. The molecule has 0 unspecified atom stereocenters. The summed E-state index contributed by atoms with van der Waals surface area (Å²) in [4.78, 5) is 7.03. The first-order valence-corrected chi connectivity index (χ1v) is 10.3. The van der Waals surface area contributed by atoms with Gasteiger partial charge in [0.05, 0.1) is 16.1 Å². The van der Waals surface area contributed by atoms with Gasteiger partial charge in [-0.1, -0.05) is 17.7 Å². The zero-order chi connectivity index (χ0) is 18.3. The molecule has 0 bridgehead atoms. The first-order valence-electron chi connectivity index (χ1n) is 8.43. The van der Waals surface area contributed by atoms with Gasteiger partial charge in [-0.3, -0.25) is 0 Å². The highest BCUT2D eigenvalue weighted by atomic mass is 35.5. The van der Waals surface area contributed by atoms with E-state index in [1.54, 1.807) is 25.1 Å². The van der Waals surface area contributed by atoms with Crippen LogP contribution in [-0.2, 0) is 10.0 Å². The lowest BCUT2D eigenvalue weighted by molar-refractivity contribution is 0.587. The molecule has 0 atom stereocenters. The number of imidazole rings is 1. The number of para-hydroxylation sites is 1. The number of hydrogen-bond acceptors (Lipinski definition) is 5. The highest BCUT2D eigenvalue weighted by molar-refractivity contribution is 7.90. The minimum Gasteiger partial charge on any atom is -0.367 e. The van der Waals surface area contributed by atoms with Crippen LogP contribution in [0.5, 0.6) is 0 Å². The third kappa shape index (κ3) is 2.86. The van der Waals surface area contributed by atoms with E-state index in [9.17, 15) is 8.42 Å². The Labute approximate surface area is 157 Å². The number of benzene rings is 2. The van der Waals surface area contributed by atoms with Crippen LogP contribution in [0, 0.1) is 6.92 Å². The summed E-state index contributed by atoms with van der Waals surface area (Å²) >= 11 is 5.90. The number of aryl methyl sites for hydroxylation is 1. The smallest absolute Gasteiger partial charge is 0.269 e. The van der Waals surface area contributed by atoms with Gasteiger partial charge in [-0.25, -0.2) is 17.4 Å². The van der Waals surface area contributed by atoms with Crippen molar-refractivity contribution in [2.24, 2.45) is 0 Å². The van der Waals surface area contributed by atoms with E-state index in [4.69, 9.17) is 11.6 Å².